The third-order valence-corrected chi connectivity index (χ3v) is 5.61. The van der Waals surface area contributed by atoms with E-state index in [-0.39, 0.29) is 23.5 Å². The SMILES string of the molecule is NC(c1cccc2ncccc12)C1CCS(=O)(=O)C1. The molecule has 0 saturated carbocycles. The van der Waals surface area contributed by atoms with Crippen LogP contribution >= 0.6 is 0 Å². The predicted octanol–water partition coefficient (Wildman–Crippen LogP) is 1.67. The molecule has 1 aromatic carbocycles. The van der Waals surface area contributed by atoms with Crippen molar-refractivity contribution in [2.45, 2.75) is 12.5 Å². The van der Waals surface area contributed by atoms with Crippen molar-refractivity contribution in [1.29, 1.82) is 0 Å². The quantitative estimate of drug-likeness (QED) is 0.905. The van der Waals surface area contributed by atoms with Crippen molar-refractivity contribution >= 4 is 20.7 Å². The summed E-state index contributed by atoms with van der Waals surface area (Å²) in [4.78, 5) is 4.31. The Hall–Kier alpha value is -1.46. The molecule has 0 spiro atoms. The number of nitrogens with zero attached hydrogens (tertiary/aromatic N) is 1. The van der Waals surface area contributed by atoms with Gasteiger partial charge in [0, 0.05) is 17.6 Å². The molecule has 1 aliphatic heterocycles. The van der Waals surface area contributed by atoms with Gasteiger partial charge >= 0.3 is 0 Å². The van der Waals surface area contributed by atoms with Crippen molar-refractivity contribution in [3.8, 4) is 0 Å². The molecule has 1 aromatic heterocycles. The van der Waals surface area contributed by atoms with Gasteiger partial charge in [0.25, 0.3) is 0 Å². The molecule has 2 unspecified atom stereocenters. The number of sulfone groups is 1. The Bertz CT molecular complexity index is 707. The zero-order valence-corrected chi connectivity index (χ0v) is 11.3. The number of hydrogen-bond acceptors (Lipinski definition) is 4. The van der Waals surface area contributed by atoms with Gasteiger partial charge in [0.05, 0.1) is 17.0 Å². The largest absolute Gasteiger partial charge is 0.324 e. The maximum Gasteiger partial charge on any atom is 0.150 e. The van der Waals surface area contributed by atoms with E-state index in [0.29, 0.717) is 6.42 Å². The number of benzene rings is 1. The first-order valence-electron chi connectivity index (χ1n) is 6.36. The summed E-state index contributed by atoms with van der Waals surface area (Å²) in [5.74, 6) is 0.468. The molecule has 2 heterocycles. The van der Waals surface area contributed by atoms with Crippen LogP contribution in [0.5, 0.6) is 0 Å². The molecule has 2 atom stereocenters. The Morgan fingerprint density at radius 3 is 2.84 bits per heavy atom. The van der Waals surface area contributed by atoms with E-state index in [9.17, 15) is 8.42 Å². The van der Waals surface area contributed by atoms with E-state index in [1.54, 1.807) is 6.20 Å². The van der Waals surface area contributed by atoms with Crippen LogP contribution in [-0.2, 0) is 9.84 Å². The van der Waals surface area contributed by atoms with Gasteiger partial charge in [-0.15, -0.1) is 0 Å². The number of hydrogen-bond donors (Lipinski definition) is 1. The molecule has 0 radical (unpaired) electrons. The van der Waals surface area contributed by atoms with Gasteiger partial charge in [0.1, 0.15) is 0 Å². The third-order valence-electron chi connectivity index (χ3n) is 3.81. The van der Waals surface area contributed by atoms with E-state index < -0.39 is 9.84 Å². The second-order valence-electron chi connectivity index (χ2n) is 5.11. The van der Waals surface area contributed by atoms with Crippen molar-refractivity contribution in [2.24, 2.45) is 11.7 Å². The van der Waals surface area contributed by atoms with Gasteiger partial charge in [-0.3, -0.25) is 4.98 Å². The van der Waals surface area contributed by atoms with Crippen molar-refractivity contribution < 1.29 is 8.42 Å². The summed E-state index contributed by atoms with van der Waals surface area (Å²) in [6, 6.07) is 9.46. The zero-order chi connectivity index (χ0) is 13.5. The first-order chi connectivity index (χ1) is 9.07. The summed E-state index contributed by atoms with van der Waals surface area (Å²) in [7, 11) is -2.90. The molecule has 0 amide bonds. The molecule has 4 nitrogen and oxygen atoms in total. The van der Waals surface area contributed by atoms with Crippen LogP contribution in [-0.4, -0.2) is 24.9 Å². The average Bonchev–Trinajstić information content (AvgIpc) is 2.78. The lowest BCUT2D eigenvalue weighted by Crippen LogP contribution is -2.22. The average molecular weight is 276 g/mol. The van der Waals surface area contributed by atoms with Gasteiger partial charge in [-0.05, 0) is 30.0 Å². The molecule has 19 heavy (non-hydrogen) atoms. The number of rotatable bonds is 2. The zero-order valence-electron chi connectivity index (χ0n) is 10.5. The molecule has 1 aliphatic rings. The molecule has 1 saturated heterocycles. The minimum Gasteiger partial charge on any atom is -0.324 e. The van der Waals surface area contributed by atoms with E-state index >= 15 is 0 Å². The highest BCUT2D eigenvalue weighted by Gasteiger charge is 2.33. The van der Waals surface area contributed by atoms with Gasteiger partial charge in [-0.1, -0.05) is 18.2 Å². The highest BCUT2D eigenvalue weighted by atomic mass is 32.2. The Morgan fingerprint density at radius 1 is 1.26 bits per heavy atom. The molecule has 0 bridgehead atoms. The van der Waals surface area contributed by atoms with E-state index in [1.165, 1.54) is 0 Å². The first-order valence-corrected chi connectivity index (χ1v) is 8.19. The molecular weight excluding hydrogens is 260 g/mol. The summed E-state index contributed by atoms with van der Waals surface area (Å²) in [5.41, 5.74) is 8.19. The molecule has 0 aliphatic carbocycles. The number of fused-ring (bicyclic) bond motifs is 1. The summed E-state index contributed by atoms with van der Waals surface area (Å²) in [6.07, 6.45) is 2.40. The number of aromatic nitrogens is 1. The van der Waals surface area contributed by atoms with Crippen LogP contribution in [0.3, 0.4) is 0 Å². The van der Waals surface area contributed by atoms with Crippen molar-refractivity contribution in [1.82, 2.24) is 4.98 Å². The molecule has 2 aromatic rings. The fourth-order valence-electron chi connectivity index (χ4n) is 2.78. The smallest absolute Gasteiger partial charge is 0.150 e. The summed E-state index contributed by atoms with van der Waals surface area (Å²) in [5, 5.41) is 1.02. The maximum absolute atomic E-state index is 11.6. The standard InChI is InChI=1S/C14H16N2O2S/c15-14(10-6-8-19(17,18)9-10)12-3-1-5-13-11(12)4-2-7-16-13/h1-5,7,10,14H,6,8-9,15H2. The third kappa shape index (κ3) is 2.35. The van der Waals surface area contributed by atoms with Crippen LogP contribution < -0.4 is 5.73 Å². The topological polar surface area (TPSA) is 73.0 Å². The molecule has 5 heteroatoms. The minimum atomic E-state index is -2.90. The Balaban J connectivity index is 2.00. The molecule has 3 rings (SSSR count). The van der Waals surface area contributed by atoms with Crippen molar-refractivity contribution in [2.75, 3.05) is 11.5 Å². The summed E-state index contributed by atoms with van der Waals surface area (Å²) >= 11 is 0. The lowest BCUT2D eigenvalue weighted by atomic mass is 9.91. The number of nitrogens with two attached hydrogens (primary N) is 1. The lowest BCUT2D eigenvalue weighted by molar-refractivity contribution is 0.482. The lowest BCUT2D eigenvalue weighted by Gasteiger charge is -2.19. The monoisotopic (exact) mass is 276 g/mol. The number of pyridine rings is 1. The van der Waals surface area contributed by atoms with Crippen LogP contribution in [0.15, 0.2) is 36.5 Å². The van der Waals surface area contributed by atoms with Crippen LogP contribution in [0.4, 0.5) is 0 Å². The maximum atomic E-state index is 11.6. The van der Waals surface area contributed by atoms with Gasteiger partial charge in [0.15, 0.2) is 9.84 Å². The summed E-state index contributed by atoms with van der Waals surface area (Å²) in [6.45, 7) is 0. The predicted molar refractivity (Wildman–Crippen MR) is 75.4 cm³/mol. The van der Waals surface area contributed by atoms with Crippen LogP contribution in [0.2, 0.25) is 0 Å². The molecular formula is C14H16N2O2S. The van der Waals surface area contributed by atoms with E-state index in [4.69, 9.17) is 5.73 Å². The molecule has 2 N–H and O–H groups in total. The molecule has 100 valence electrons. The Morgan fingerprint density at radius 2 is 2.11 bits per heavy atom. The van der Waals surface area contributed by atoms with Crippen LogP contribution in [0, 0.1) is 5.92 Å². The van der Waals surface area contributed by atoms with Crippen LogP contribution in [0.25, 0.3) is 10.9 Å². The Kier molecular flexibility index (Phi) is 3.03. The molecule has 1 fully saturated rings. The fraction of sp³-hybridized carbons (Fsp3) is 0.357. The first kappa shape index (κ1) is 12.6. The highest BCUT2D eigenvalue weighted by Crippen LogP contribution is 2.32. The van der Waals surface area contributed by atoms with Crippen molar-refractivity contribution in [3.05, 3.63) is 42.1 Å². The summed E-state index contributed by atoms with van der Waals surface area (Å²) < 4.78 is 23.1. The fourth-order valence-corrected chi connectivity index (χ4v) is 4.63. The van der Waals surface area contributed by atoms with Gasteiger partial charge in [-0.25, -0.2) is 8.42 Å². The highest BCUT2D eigenvalue weighted by molar-refractivity contribution is 7.91. The minimum absolute atomic E-state index is 0.0100. The van der Waals surface area contributed by atoms with Gasteiger partial charge in [0.2, 0.25) is 0 Å². The van der Waals surface area contributed by atoms with E-state index in [2.05, 4.69) is 4.98 Å². The Labute approximate surface area is 112 Å². The van der Waals surface area contributed by atoms with E-state index in [1.807, 2.05) is 30.3 Å². The van der Waals surface area contributed by atoms with Crippen molar-refractivity contribution in [3.63, 3.8) is 0 Å². The second-order valence-corrected chi connectivity index (χ2v) is 7.33. The van der Waals surface area contributed by atoms with E-state index in [0.717, 1.165) is 16.5 Å². The van der Waals surface area contributed by atoms with Gasteiger partial charge < -0.3 is 5.73 Å². The van der Waals surface area contributed by atoms with Gasteiger partial charge in [-0.2, -0.15) is 0 Å². The van der Waals surface area contributed by atoms with Crippen LogP contribution in [0.1, 0.15) is 18.0 Å². The normalized spacial score (nSPS) is 23.5. The second kappa shape index (κ2) is 4.58.